The number of nitrogens with zero attached hydrogens (tertiary/aromatic N) is 2. The van der Waals surface area contributed by atoms with Gasteiger partial charge in [0.25, 0.3) is 0 Å². The molecule has 1 aliphatic heterocycles. The number of carbonyl (C=O) groups is 4. The van der Waals surface area contributed by atoms with Crippen LogP contribution in [0, 0.1) is 0 Å². The van der Waals surface area contributed by atoms with Crippen LogP contribution in [0.1, 0.15) is 50.5 Å². The zero-order valence-electron chi connectivity index (χ0n) is 22.3. The highest BCUT2D eigenvalue weighted by molar-refractivity contribution is 5.94. The van der Waals surface area contributed by atoms with Crippen molar-refractivity contribution in [2.45, 2.75) is 75.5 Å². The minimum Gasteiger partial charge on any atom is -0.480 e. The van der Waals surface area contributed by atoms with Gasteiger partial charge in [0.1, 0.15) is 18.1 Å². The number of likely N-dealkylation sites (tertiary alicyclic amines) is 1. The van der Waals surface area contributed by atoms with Crippen molar-refractivity contribution >= 4 is 29.7 Å². The molecule has 13 nitrogen and oxygen atoms in total. The fraction of sp³-hybridized carbons (Fsp3) is 0.577. The molecule has 0 saturated carbocycles. The Morgan fingerprint density at radius 2 is 1.69 bits per heavy atom. The van der Waals surface area contributed by atoms with E-state index in [1.54, 1.807) is 0 Å². The summed E-state index contributed by atoms with van der Waals surface area (Å²) in [6, 6.07) is 5.28. The first kappa shape index (κ1) is 31.5. The van der Waals surface area contributed by atoms with Crippen molar-refractivity contribution < 1.29 is 24.3 Å². The van der Waals surface area contributed by atoms with Crippen LogP contribution < -0.4 is 33.6 Å². The molecule has 1 aromatic carbocycles. The Hall–Kier alpha value is -3.71. The van der Waals surface area contributed by atoms with E-state index in [2.05, 4.69) is 15.6 Å². The first-order valence-corrected chi connectivity index (χ1v) is 13.3. The lowest BCUT2D eigenvalue weighted by atomic mass is 10.0. The zero-order chi connectivity index (χ0) is 28.8. The average molecular weight is 547 g/mol. The Balaban J connectivity index is 2.22. The van der Waals surface area contributed by atoms with Gasteiger partial charge in [-0.1, -0.05) is 36.8 Å². The second kappa shape index (κ2) is 16.3. The normalized spacial score (nSPS) is 17.1. The van der Waals surface area contributed by atoms with Gasteiger partial charge < -0.3 is 43.6 Å². The lowest BCUT2D eigenvalue weighted by Crippen LogP contribution is -2.57. The van der Waals surface area contributed by atoms with Crippen molar-refractivity contribution in [2.24, 2.45) is 27.9 Å². The van der Waals surface area contributed by atoms with Crippen molar-refractivity contribution in [3.05, 3.63) is 35.9 Å². The number of rotatable bonds is 16. The number of aliphatic imine (C=N–C) groups is 1. The summed E-state index contributed by atoms with van der Waals surface area (Å²) in [4.78, 5) is 56.7. The summed E-state index contributed by atoms with van der Waals surface area (Å²) in [6.07, 6.45) is 3.42. The molecular formula is C26H42N8O5. The number of nitrogens with one attached hydrogen (secondary N) is 2. The molecule has 1 aliphatic rings. The van der Waals surface area contributed by atoms with Gasteiger partial charge in [0.2, 0.25) is 17.7 Å². The molecule has 1 heterocycles. The van der Waals surface area contributed by atoms with Crippen LogP contribution >= 0.6 is 0 Å². The van der Waals surface area contributed by atoms with E-state index in [0.29, 0.717) is 38.6 Å². The lowest BCUT2D eigenvalue weighted by Gasteiger charge is -2.29. The average Bonchev–Trinajstić information content (AvgIpc) is 3.40. The third-order valence-electron chi connectivity index (χ3n) is 6.60. The molecule has 216 valence electrons. The number of guanidine groups is 1. The van der Waals surface area contributed by atoms with Gasteiger partial charge in [-0.05, 0) is 50.6 Å². The molecule has 2 rings (SSSR count). The van der Waals surface area contributed by atoms with E-state index in [4.69, 9.17) is 22.9 Å². The molecule has 13 heteroatoms. The van der Waals surface area contributed by atoms with Gasteiger partial charge in [-0.25, -0.2) is 4.79 Å². The summed E-state index contributed by atoms with van der Waals surface area (Å²) in [5.41, 5.74) is 23.1. The van der Waals surface area contributed by atoms with Crippen LogP contribution in [0.3, 0.4) is 0 Å². The predicted molar refractivity (Wildman–Crippen MR) is 147 cm³/mol. The zero-order valence-corrected chi connectivity index (χ0v) is 22.3. The summed E-state index contributed by atoms with van der Waals surface area (Å²) < 4.78 is 0. The lowest BCUT2D eigenvalue weighted by molar-refractivity contribution is -0.149. The minimum absolute atomic E-state index is 0.0888. The molecule has 0 aromatic heterocycles. The molecule has 0 bridgehead atoms. The highest BCUT2D eigenvalue weighted by atomic mass is 16.4. The minimum atomic E-state index is -1.08. The second-order valence-corrected chi connectivity index (χ2v) is 9.68. The third-order valence-corrected chi connectivity index (χ3v) is 6.60. The molecule has 11 N–H and O–H groups in total. The van der Waals surface area contributed by atoms with Crippen LogP contribution in [0.25, 0.3) is 0 Å². The summed E-state index contributed by atoms with van der Waals surface area (Å²) in [5.74, 6) is -2.73. The van der Waals surface area contributed by atoms with E-state index < -0.39 is 47.9 Å². The van der Waals surface area contributed by atoms with E-state index in [-0.39, 0.29) is 31.9 Å². The van der Waals surface area contributed by atoms with E-state index >= 15 is 0 Å². The van der Waals surface area contributed by atoms with Crippen molar-refractivity contribution in [1.29, 1.82) is 0 Å². The van der Waals surface area contributed by atoms with Crippen molar-refractivity contribution in [2.75, 3.05) is 19.6 Å². The Morgan fingerprint density at radius 1 is 1.00 bits per heavy atom. The molecule has 0 radical (unpaired) electrons. The molecule has 4 unspecified atom stereocenters. The first-order chi connectivity index (χ1) is 18.6. The van der Waals surface area contributed by atoms with Gasteiger partial charge in [0.15, 0.2) is 5.96 Å². The number of carboxylic acid groups (broad SMARTS) is 1. The first-order valence-electron chi connectivity index (χ1n) is 13.3. The number of amides is 3. The number of nitrogens with two attached hydrogens (primary N) is 4. The molecule has 0 spiro atoms. The van der Waals surface area contributed by atoms with Gasteiger partial charge in [0.05, 0.1) is 6.04 Å². The summed E-state index contributed by atoms with van der Waals surface area (Å²) in [5, 5.41) is 15.1. The van der Waals surface area contributed by atoms with E-state index in [0.717, 1.165) is 12.0 Å². The molecule has 39 heavy (non-hydrogen) atoms. The maximum Gasteiger partial charge on any atom is 0.326 e. The van der Waals surface area contributed by atoms with Gasteiger partial charge in [0, 0.05) is 19.5 Å². The van der Waals surface area contributed by atoms with E-state index in [1.165, 1.54) is 4.90 Å². The van der Waals surface area contributed by atoms with Gasteiger partial charge in [-0.15, -0.1) is 0 Å². The maximum absolute atomic E-state index is 13.5. The number of hydrogen-bond acceptors (Lipinski definition) is 7. The van der Waals surface area contributed by atoms with E-state index in [9.17, 15) is 24.3 Å². The van der Waals surface area contributed by atoms with Crippen LogP contribution in [-0.4, -0.2) is 83.5 Å². The molecule has 0 aliphatic carbocycles. The van der Waals surface area contributed by atoms with Gasteiger partial charge in [-0.3, -0.25) is 19.4 Å². The number of carboxylic acids is 1. The van der Waals surface area contributed by atoms with Crippen LogP contribution in [0.5, 0.6) is 0 Å². The Labute approximate surface area is 228 Å². The number of benzene rings is 1. The molecular weight excluding hydrogens is 504 g/mol. The van der Waals surface area contributed by atoms with E-state index in [1.807, 2.05) is 30.3 Å². The van der Waals surface area contributed by atoms with Crippen LogP contribution in [0.15, 0.2) is 35.3 Å². The monoisotopic (exact) mass is 546 g/mol. The van der Waals surface area contributed by atoms with Crippen molar-refractivity contribution in [3.8, 4) is 0 Å². The van der Waals surface area contributed by atoms with Crippen LogP contribution in [0.2, 0.25) is 0 Å². The maximum atomic E-state index is 13.5. The van der Waals surface area contributed by atoms with Crippen molar-refractivity contribution in [1.82, 2.24) is 15.5 Å². The molecule has 1 saturated heterocycles. The Bertz CT molecular complexity index is 986. The SMILES string of the molecule is NCCCCC(N)C(=O)NC(CCCN=C(N)N)C(=O)NC(Cc1ccccc1)C(=O)N1CCCC1C(=O)O. The molecule has 4 atom stereocenters. The number of unbranched alkanes of at least 4 members (excludes halogenated alkanes) is 1. The fourth-order valence-corrected chi connectivity index (χ4v) is 4.50. The number of hydrogen-bond donors (Lipinski definition) is 7. The second-order valence-electron chi connectivity index (χ2n) is 9.68. The summed E-state index contributed by atoms with van der Waals surface area (Å²) >= 11 is 0. The smallest absolute Gasteiger partial charge is 0.326 e. The van der Waals surface area contributed by atoms with Gasteiger partial charge >= 0.3 is 5.97 Å². The van der Waals surface area contributed by atoms with Crippen LogP contribution in [-0.2, 0) is 25.6 Å². The highest BCUT2D eigenvalue weighted by Gasteiger charge is 2.38. The third kappa shape index (κ3) is 10.5. The van der Waals surface area contributed by atoms with Gasteiger partial charge in [-0.2, -0.15) is 0 Å². The van der Waals surface area contributed by atoms with Crippen molar-refractivity contribution in [3.63, 3.8) is 0 Å². The fourth-order valence-electron chi connectivity index (χ4n) is 4.50. The Morgan fingerprint density at radius 3 is 2.33 bits per heavy atom. The molecule has 3 amide bonds. The van der Waals surface area contributed by atoms with Crippen LogP contribution in [0.4, 0.5) is 0 Å². The standard InChI is InChI=1S/C26H42N8O5/c27-13-5-4-10-18(28)22(35)32-19(11-6-14-31-26(29)30)23(36)33-20(16-17-8-2-1-3-9-17)24(37)34-15-7-12-21(34)25(38)39/h1-3,8-9,18-21H,4-7,10-16,27-28H2,(H,32,35)(H,33,36)(H,38,39)(H4,29,30,31). The largest absolute Gasteiger partial charge is 0.480 e. The highest BCUT2D eigenvalue weighted by Crippen LogP contribution is 2.20. The number of aliphatic carboxylic acids is 1. The summed E-state index contributed by atoms with van der Waals surface area (Å²) in [7, 11) is 0. The topological polar surface area (TPSA) is 232 Å². The number of carbonyl (C=O) groups excluding carboxylic acids is 3. The quantitative estimate of drug-likeness (QED) is 0.0747. The summed E-state index contributed by atoms with van der Waals surface area (Å²) in [6.45, 7) is 1.01. The molecule has 1 fully saturated rings. The Kier molecular flexibility index (Phi) is 13.2. The predicted octanol–water partition coefficient (Wildman–Crippen LogP) is -1.22. The molecule has 1 aromatic rings.